The van der Waals surface area contributed by atoms with Crippen molar-refractivity contribution in [3.8, 4) is 5.75 Å². The fourth-order valence-electron chi connectivity index (χ4n) is 3.67. The molecule has 0 radical (unpaired) electrons. The van der Waals surface area contributed by atoms with E-state index < -0.39 is 0 Å². The van der Waals surface area contributed by atoms with Crippen LogP contribution in [0, 0.1) is 0 Å². The second-order valence-electron chi connectivity index (χ2n) is 9.87. The van der Waals surface area contributed by atoms with Crippen LogP contribution < -0.4 is 15.4 Å². The maximum Gasteiger partial charge on any atom is 0.255 e. The predicted molar refractivity (Wildman–Crippen MR) is 151 cm³/mol. The monoisotopic (exact) mass is 550 g/mol. The van der Waals surface area contributed by atoms with E-state index in [0.29, 0.717) is 29.1 Å². The maximum atomic E-state index is 12.8. The lowest BCUT2D eigenvalue weighted by Crippen LogP contribution is -2.15. The molecule has 0 aliphatic carbocycles. The van der Waals surface area contributed by atoms with Crippen LogP contribution in [0.1, 0.15) is 79.7 Å². The Hall–Kier alpha value is -3.12. The molecular formula is C30H35BrN2O3. The van der Waals surface area contributed by atoms with Crippen molar-refractivity contribution in [2.75, 3.05) is 17.2 Å². The van der Waals surface area contributed by atoms with E-state index in [4.69, 9.17) is 4.74 Å². The number of unbranched alkanes of at least 4 members (excludes halogenated alkanes) is 3. The first-order valence-corrected chi connectivity index (χ1v) is 13.2. The lowest BCUT2D eigenvalue weighted by atomic mass is 9.87. The van der Waals surface area contributed by atoms with Gasteiger partial charge in [0.2, 0.25) is 0 Å². The van der Waals surface area contributed by atoms with Gasteiger partial charge in [-0.05, 0) is 81.9 Å². The van der Waals surface area contributed by atoms with Crippen LogP contribution in [0.15, 0.2) is 71.2 Å². The summed E-state index contributed by atoms with van der Waals surface area (Å²) in [5.41, 5.74) is 3.48. The third-order valence-corrected chi connectivity index (χ3v) is 6.46. The highest BCUT2D eigenvalue weighted by Gasteiger charge is 2.15. The predicted octanol–water partition coefficient (Wildman–Crippen LogP) is 8.21. The van der Waals surface area contributed by atoms with Crippen molar-refractivity contribution < 1.29 is 14.3 Å². The average molecular weight is 552 g/mol. The minimum absolute atomic E-state index is 0.0265. The molecule has 0 spiro atoms. The largest absolute Gasteiger partial charge is 0.492 e. The second kappa shape index (κ2) is 12.7. The van der Waals surface area contributed by atoms with E-state index >= 15 is 0 Å². The smallest absolute Gasteiger partial charge is 0.255 e. The number of rotatable bonds is 10. The van der Waals surface area contributed by atoms with E-state index in [1.54, 1.807) is 42.5 Å². The Balaban J connectivity index is 1.59. The Morgan fingerprint density at radius 3 is 2.00 bits per heavy atom. The fourth-order valence-corrected chi connectivity index (χ4v) is 4.17. The van der Waals surface area contributed by atoms with E-state index in [1.807, 2.05) is 24.3 Å². The van der Waals surface area contributed by atoms with Crippen molar-refractivity contribution >= 4 is 39.1 Å². The van der Waals surface area contributed by atoms with Crippen LogP contribution in [0.2, 0.25) is 0 Å². The van der Waals surface area contributed by atoms with E-state index in [0.717, 1.165) is 23.1 Å². The third-order valence-electron chi connectivity index (χ3n) is 5.84. The van der Waals surface area contributed by atoms with Crippen molar-refractivity contribution in [3.05, 3.63) is 87.9 Å². The zero-order valence-corrected chi connectivity index (χ0v) is 23.1. The molecule has 0 saturated carbocycles. The van der Waals surface area contributed by atoms with Gasteiger partial charge in [0.15, 0.2) is 0 Å². The quantitative estimate of drug-likeness (QED) is 0.250. The highest BCUT2D eigenvalue weighted by Crippen LogP contribution is 2.27. The van der Waals surface area contributed by atoms with E-state index in [1.165, 1.54) is 18.4 Å². The molecular weight excluding hydrogens is 516 g/mol. The van der Waals surface area contributed by atoms with E-state index in [9.17, 15) is 9.59 Å². The van der Waals surface area contributed by atoms with E-state index in [-0.39, 0.29) is 17.2 Å². The lowest BCUT2D eigenvalue weighted by Gasteiger charge is -2.19. The molecule has 5 nitrogen and oxygen atoms in total. The minimum Gasteiger partial charge on any atom is -0.492 e. The number of hydrogen-bond donors (Lipinski definition) is 2. The molecule has 0 aliphatic rings. The Bertz CT molecular complexity index is 1180. The number of benzene rings is 3. The van der Waals surface area contributed by atoms with Crippen LogP contribution in [0.25, 0.3) is 0 Å². The van der Waals surface area contributed by atoms with Gasteiger partial charge in [-0.3, -0.25) is 9.59 Å². The fraction of sp³-hybridized carbons (Fsp3) is 0.333. The zero-order chi connectivity index (χ0) is 26.1. The molecule has 0 fully saturated rings. The molecule has 2 N–H and O–H groups in total. The first-order valence-electron chi connectivity index (χ1n) is 12.4. The maximum absolute atomic E-state index is 12.8. The number of anilines is 2. The first kappa shape index (κ1) is 27.5. The number of nitrogens with one attached hydrogen (secondary N) is 2. The SMILES string of the molecule is CCCCCCOc1ccc(C(=O)Nc2cccc(NC(=O)c3ccc(C(C)(C)C)cc3)c2)cc1Br. The molecule has 0 heterocycles. The molecule has 36 heavy (non-hydrogen) atoms. The number of ether oxygens (including phenoxy) is 1. The van der Waals surface area contributed by atoms with Crippen molar-refractivity contribution in [2.24, 2.45) is 0 Å². The van der Waals surface area contributed by atoms with Crippen LogP contribution in [0.4, 0.5) is 11.4 Å². The summed E-state index contributed by atoms with van der Waals surface area (Å²) in [6, 6.07) is 20.0. The number of hydrogen-bond acceptors (Lipinski definition) is 3. The van der Waals surface area contributed by atoms with Crippen LogP contribution in [0.5, 0.6) is 5.75 Å². The van der Waals surface area contributed by atoms with Gasteiger partial charge in [0.1, 0.15) is 5.75 Å². The summed E-state index contributed by atoms with van der Waals surface area (Å²) in [6.07, 6.45) is 4.56. The normalized spacial score (nSPS) is 11.1. The molecule has 0 aromatic heterocycles. The highest BCUT2D eigenvalue weighted by atomic mass is 79.9. The first-order chi connectivity index (χ1) is 17.2. The zero-order valence-electron chi connectivity index (χ0n) is 21.5. The highest BCUT2D eigenvalue weighted by molar-refractivity contribution is 9.10. The molecule has 0 saturated heterocycles. The van der Waals surface area contributed by atoms with Gasteiger partial charge in [-0.15, -0.1) is 0 Å². The van der Waals surface area contributed by atoms with Gasteiger partial charge in [0.25, 0.3) is 11.8 Å². The standard InChI is InChI=1S/C30H35BrN2O3/c1-5-6-7-8-18-36-27-17-14-22(19-26(27)31)29(35)33-25-11-9-10-24(20-25)32-28(34)21-12-15-23(16-13-21)30(2,3)4/h9-17,19-20H,5-8,18H2,1-4H3,(H,32,34)(H,33,35). The van der Waals surface area contributed by atoms with Gasteiger partial charge in [-0.25, -0.2) is 0 Å². The Morgan fingerprint density at radius 2 is 1.42 bits per heavy atom. The van der Waals surface area contributed by atoms with Crippen LogP contribution in [-0.4, -0.2) is 18.4 Å². The van der Waals surface area contributed by atoms with Crippen molar-refractivity contribution in [1.29, 1.82) is 0 Å². The summed E-state index contributed by atoms with van der Waals surface area (Å²) < 4.78 is 6.57. The summed E-state index contributed by atoms with van der Waals surface area (Å²) in [5.74, 6) is 0.280. The molecule has 0 aliphatic heterocycles. The second-order valence-corrected chi connectivity index (χ2v) is 10.7. The van der Waals surface area contributed by atoms with Crippen molar-refractivity contribution in [1.82, 2.24) is 0 Å². The average Bonchev–Trinajstić information content (AvgIpc) is 2.84. The molecule has 3 aromatic rings. The number of amides is 2. The summed E-state index contributed by atoms with van der Waals surface area (Å²) in [7, 11) is 0. The minimum atomic E-state index is -0.244. The summed E-state index contributed by atoms with van der Waals surface area (Å²) in [4.78, 5) is 25.5. The van der Waals surface area contributed by atoms with Gasteiger partial charge in [-0.2, -0.15) is 0 Å². The molecule has 3 rings (SSSR count). The van der Waals surface area contributed by atoms with E-state index in [2.05, 4.69) is 54.3 Å². The Labute approximate surface area is 222 Å². The van der Waals surface area contributed by atoms with Gasteiger partial charge in [0.05, 0.1) is 11.1 Å². The number of halogens is 1. The summed E-state index contributed by atoms with van der Waals surface area (Å²) in [6.45, 7) is 9.25. The van der Waals surface area contributed by atoms with Gasteiger partial charge < -0.3 is 15.4 Å². The molecule has 0 bridgehead atoms. The topological polar surface area (TPSA) is 67.4 Å². The molecule has 0 atom stereocenters. The van der Waals surface area contributed by atoms with Crippen LogP contribution >= 0.6 is 15.9 Å². The summed E-state index contributed by atoms with van der Waals surface area (Å²) >= 11 is 3.51. The van der Waals surface area contributed by atoms with Gasteiger partial charge in [0, 0.05) is 22.5 Å². The molecule has 6 heteroatoms. The molecule has 190 valence electrons. The Kier molecular flexibility index (Phi) is 9.71. The van der Waals surface area contributed by atoms with Gasteiger partial charge >= 0.3 is 0 Å². The Morgan fingerprint density at radius 1 is 0.806 bits per heavy atom. The van der Waals surface area contributed by atoms with Crippen molar-refractivity contribution in [2.45, 2.75) is 58.8 Å². The number of carbonyl (C=O) groups is 2. The van der Waals surface area contributed by atoms with Crippen LogP contribution in [0.3, 0.4) is 0 Å². The third kappa shape index (κ3) is 7.95. The van der Waals surface area contributed by atoms with Crippen LogP contribution in [-0.2, 0) is 5.41 Å². The molecule has 2 amide bonds. The van der Waals surface area contributed by atoms with Crippen molar-refractivity contribution in [3.63, 3.8) is 0 Å². The molecule has 3 aromatic carbocycles. The van der Waals surface area contributed by atoms with Gasteiger partial charge in [-0.1, -0.05) is 65.2 Å². The molecule has 0 unspecified atom stereocenters. The summed E-state index contributed by atoms with van der Waals surface area (Å²) in [5, 5.41) is 5.80. The number of carbonyl (C=O) groups excluding carboxylic acids is 2. The lowest BCUT2D eigenvalue weighted by molar-refractivity contribution is 0.101.